The quantitative estimate of drug-likeness (QED) is 0.582. The summed E-state index contributed by atoms with van der Waals surface area (Å²) in [5.74, 6) is -1.46. The number of fused-ring (bicyclic) bond motifs is 1. The summed E-state index contributed by atoms with van der Waals surface area (Å²) in [7, 11) is 1.59. The molecule has 2 saturated heterocycles. The third-order valence-corrected chi connectivity index (χ3v) is 5.92. The van der Waals surface area contributed by atoms with Crippen LogP contribution in [0.5, 0.6) is 5.75 Å². The van der Waals surface area contributed by atoms with Crippen molar-refractivity contribution in [2.45, 2.75) is 38.8 Å². The van der Waals surface area contributed by atoms with E-state index in [0.29, 0.717) is 18.7 Å². The third kappa shape index (κ3) is 2.81. The summed E-state index contributed by atoms with van der Waals surface area (Å²) in [5.41, 5.74) is -0.188. The number of benzene rings is 1. The highest BCUT2D eigenvalue weighted by Crippen LogP contribution is 2.45. The lowest BCUT2D eigenvalue weighted by molar-refractivity contribution is -0.734. The molecule has 0 saturated carbocycles. The predicted molar refractivity (Wildman–Crippen MR) is 96.7 cm³/mol. The normalized spacial score (nSPS) is 29.8. The molecule has 2 heterocycles. The van der Waals surface area contributed by atoms with E-state index >= 15 is 0 Å². The summed E-state index contributed by atoms with van der Waals surface area (Å²) >= 11 is 0. The fourth-order valence-corrected chi connectivity index (χ4v) is 4.57. The van der Waals surface area contributed by atoms with Gasteiger partial charge in [0.25, 0.3) is 0 Å². The molecule has 2 aliphatic heterocycles. The van der Waals surface area contributed by atoms with Crippen LogP contribution in [0.4, 0.5) is 0 Å². The number of nitrogens with zero attached hydrogens (tertiary/aromatic N) is 1. The number of carbonyl (C=O) groups excluding carboxylic acids is 3. The molecule has 7 heteroatoms. The highest BCUT2D eigenvalue weighted by Gasteiger charge is 2.71. The van der Waals surface area contributed by atoms with E-state index in [1.54, 1.807) is 21.0 Å². The first-order valence-electron chi connectivity index (χ1n) is 9.47. The van der Waals surface area contributed by atoms with Crippen molar-refractivity contribution in [3.8, 4) is 5.75 Å². The minimum absolute atomic E-state index is 0.204. The van der Waals surface area contributed by atoms with Gasteiger partial charge in [0.05, 0.1) is 13.7 Å². The van der Waals surface area contributed by atoms with E-state index < -0.39 is 23.3 Å². The molecule has 0 bridgehead atoms. The van der Waals surface area contributed by atoms with Crippen molar-refractivity contribution in [3.05, 3.63) is 29.8 Å². The molecule has 2 fully saturated rings. The van der Waals surface area contributed by atoms with Crippen LogP contribution in [0.3, 0.4) is 0 Å². The maximum Gasteiger partial charge on any atom is 0.368 e. The number of rotatable bonds is 6. The van der Waals surface area contributed by atoms with E-state index in [4.69, 9.17) is 9.47 Å². The molecule has 1 aromatic carbocycles. The minimum Gasteiger partial charge on any atom is -0.497 e. The van der Waals surface area contributed by atoms with Crippen molar-refractivity contribution < 1.29 is 29.2 Å². The van der Waals surface area contributed by atoms with Crippen LogP contribution >= 0.6 is 0 Å². The fourth-order valence-electron chi connectivity index (χ4n) is 4.57. The van der Waals surface area contributed by atoms with Gasteiger partial charge in [0.1, 0.15) is 23.6 Å². The highest BCUT2D eigenvalue weighted by atomic mass is 16.5. The summed E-state index contributed by atoms with van der Waals surface area (Å²) in [6, 6.07) is 7.11. The molecule has 2 amide bonds. The highest BCUT2D eigenvalue weighted by molar-refractivity contribution is 6.08. The molecule has 3 rings (SSSR count). The Morgan fingerprint density at radius 1 is 1.15 bits per heavy atom. The lowest BCUT2D eigenvalue weighted by Gasteiger charge is -2.28. The summed E-state index contributed by atoms with van der Waals surface area (Å²) in [6.07, 6.45) is 0.413. The average molecular weight is 375 g/mol. The fraction of sp³-hybridized carbons (Fsp3) is 0.550. The molecule has 1 aromatic rings. The Hall–Kier alpha value is -2.41. The van der Waals surface area contributed by atoms with Crippen LogP contribution in [-0.2, 0) is 19.1 Å². The zero-order chi connectivity index (χ0) is 19.8. The topological polar surface area (TPSA) is 89.5 Å². The van der Waals surface area contributed by atoms with Crippen molar-refractivity contribution in [1.29, 1.82) is 0 Å². The number of ether oxygens (including phenoxy) is 2. The molecule has 146 valence electrons. The maximum absolute atomic E-state index is 13.0. The van der Waals surface area contributed by atoms with Gasteiger partial charge in [0, 0.05) is 18.5 Å². The van der Waals surface area contributed by atoms with Gasteiger partial charge >= 0.3 is 5.97 Å². The molecule has 0 unspecified atom stereocenters. The molecule has 2 aliphatic rings. The minimum atomic E-state index is -1.08. The third-order valence-electron chi connectivity index (χ3n) is 5.92. The zero-order valence-electron chi connectivity index (χ0n) is 16.2. The van der Waals surface area contributed by atoms with Gasteiger partial charge in [-0.3, -0.25) is 14.5 Å². The van der Waals surface area contributed by atoms with E-state index in [1.807, 2.05) is 36.5 Å². The summed E-state index contributed by atoms with van der Waals surface area (Å²) in [6.45, 7) is 5.93. The lowest BCUT2D eigenvalue weighted by Crippen LogP contribution is -2.98. The SMILES string of the molecule is CCOC(=O)[C@@]1(CC)[NH2+][C@@H](c2ccc(OC)cc2)[C@H]2C(=O)N(CC)C(=O)[C@@H]21. The van der Waals surface area contributed by atoms with E-state index in [2.05, 4.69) is 0 Å². The second-order valence-corrected chi connectivity index (χ2v) is 7.00. The lowest BCUT2D eigenvalue weighted by atomic mass is 9.78. The second-order valence-electron chi connectivity index (χ2n) is 7.00. The molecule has 0 aliphatic carbocycles. The molecule has 4 atom stereocenters. The number of amides is 2. The summed E-state index contributed by atoms with van der Waals surface area (Å²) < 4.78 is 10.5. The molecular formula is C20H27N2O5+. The number of hydrogen-bond acceptors (Lipinski definition) is 5. The van der Waals surface area contributed by atoms with Gasteiger partial charge in [-0.05, 0) is 38.1 Å². The van der Waals surface area contributed by atoms with Gasteiger partial charge in [-0.2, -0.15) is 0 Å². The standard InChI is InChI=1S/C20H26N2O5/c1-5-20(19(25)27-7-3)15-14(17(23)22(6-2)18(15)24)16(21-20)12-8-10-13(26-4)11-9-12/h8-11,14-16,21H,5-7H2,1-4H3/p+1/t14-,15+,16-,20-/m0/s1. The Labute approximate surface area is 159 Å². The molecule has 0 radical (unpaired) electrons. The number of likely N-dealkylation sites (tertiary alicyclic amines) is 1. The molecule has 27 heavy (non-hydrogen) atoms. The van der Waals surface area contributed by atoms with Crippen LogP contribution < -0.4 is 10.1 Å². The van der Waals surface area contributed by atoms with Crippen molar-refractivity contribution in [1.82, 2.24) is 4.90 Å². The Morgan fingerprint density at radius 3 is 2.33 bits per heavy atom. The maximum atomic E-state index is 13.0. The Kier molecular flexibility index (Phi) is 5.24. The average Bonchev–Trinajstić information content (AvgIpc) is 3.16. The first kappa shape index (κ1) is 19.4. The van der Waals surface area contributed by atoms with Crippen molar-refractivity contribution >= 4 is 17.8 Å². The number of methoxy groups -OCH3 is 1. The Bertz CT molecular complexity index is 747. The molecule has 7 nitrogen and oxygen atoms in total. The van der Waals surface area contributed by atoms with E-state index in [0.717, 1.165) is 5.56 Å². The molecule has 2 N–H and O–H groups in total. The van der Waals surface area contributed by atoms with E-state index in [9.17, 15) is 14.4 Å². The zero-order valence-corrected chi connectivity index (χ0v) is 16.2. The number of imide groups is 1. The van der Waals surface area contributed by atoms with Crippen LogP contribution in [0, 0.1) is 11.8 Å². The first-order chi connectivity index (χ1) is 12.9. The predicted octanol–water partition coefficient (Wildman–Crippen LogP) is 0.646. The van der Waals surface area contributed by atoms with E-state index in [1.165, 1.54) is 4.90 Å². The van der Waals surface area contributed by atoms with Gasteiger partial charge in [-0.25, -0.2) is 4.79 Å². The van der Waals surface area contributed by atoms with Crippen molar-refractivity contribution in [3.63, 3.8) is 0 Å². The van der Waals surface area contributed by atoms with Crippen LogP contribution in [0.2, 0.25) is 0 Å². The summed E-state index contributed by atoms with van der Waals surface area (Å²) in [5, 5.41) is 1.88. The van der Waals surface area contributed by atoms with Crippen molar-refractivity contribution in [2.24, 2.45) is 11.8 Å². The Balaban J connectivity index is 2.09. The van der Waals surface area contributed by atoms with Gasteiger partial charge in [0.15, 0.2) is 0 Å². The Morgan fingerprint density at radius 2 is 1.81 bits per heavy atom. The largest absolute Gasteiger partial charge is 0.497 e. The first-order valence-corrected chi connectivity index (χ1v) is 9.47. The van der Waals surface area contributed by atoms with Crippen LogP contribution in [0.15, 0.2) is 24.3 Å². The molecule has 0 aromatic heterocycles. The molecular weight excluding hydrogens is 348 g/mol. The smallest absolute Gasteiger partial charge is 0.368 e. The summed E-state index contributed by atoms with van der Waals surface area (Å²) in [4.78, 5) is 40.3. The number of esters is 1. The number of nitrogens with two attached hydrogens (primary N) is 1. The van der Waals surface area contributed by atoms with E-state index in [-0.39, 0.29) is 24.5 Å². The number of hydrogen-bond donors (Lipinski definition) is 1. The van der Waals surface area contributed by atoms with Crippen LogP contribution in [0.25, 0.3) is 0 Å². The van der Waals surface area contributed by atoms with Crippen LogP contribution in [0.1, 0.15) is 38.8 Å². The van der Waals surface area contributed by atoms with Crippen molar-refractivity contribution in [2.75, 3.05) is 20.3 Å². The van der Waals surface area contributed by atoms with Gasteiger partial charge in [0.2, 0.25) is 17.4 Å². The number of quaternary nitrogens is 1. The number of carbonyl (C=O) groups is 3. The molecule has 0 spiro atoms. The van der Waals surface area contributed by atoms with Gasteiger partial charge < -0.3 is 14.8 Å². The van der Waals surface area contributed by atoms with Gasteiger partial charge in [-0.1, -0.05) is 6.92 Å². The monoisotopic (exact) mass is 375 g/mol. The van der Waals surface area contributed by atoms with Gasteiger partial charge in [-0.15, -0.1) is 0 Å². The second kappa shape index (κ2) is 7.31. The van der Waals surface area contributed by atoms with Crippen LogP contribution in [-0.4, -0.2) is 48.5 Å².